The SMILES string of the molecule is CCc1occc1C(=O)N[C@@H](CC(N)=O)C(=O)O. The zero-order valence-electron chi connectivity index (χ0n) is 9.80. The molecule has 0 bridgehead atoms. The molecule has 0 aliphatic heterocycles. The lowest BCUT2D eigenvalue weighted by Crippen LogP contribution is -2.43. The number of aliphatic carboxylic acids is 1. The molecule has 0 saturated heterocycles. The Balaban J connectivity index is 2.78. The smallest absolute Gasteiger partial charge is 0.326 e. The van der Waals surface area contributed by atoms with E-state index in [-0.39, 0.29) is 5.56 Å². The first-order chi connectivity index (χ1) is 8.45. The van der Waals surface area contributed by atoms with E-state index in [1.165, 1.54) is 12.3 Å². The van der Waals surface area contributed by atoms with E-state index in [1.807, 2.05) is 0 Å². The van der Waals surface area contributed by atoms with Gasteiger partial charge in [0.2, 0.25) is 5.91 Å². The Labute approximate surface area is 103 Å². The van der Waals surface area contributed by atoms with Crippen LogP contribution in [0.25, 0.3) is 0 Å². The lowest BCUT2D eigenvalue weighted by Gasteiger charge is -2.12. The third kappa shape index (κ3) is 3.34. The van der Waals surface area contributed by atoms with Gasteiger partial charge in [-0.1, -0.05) is 6.92 Å². The Morgan fingerprint density at radius 1 is 1.50 bits per heavy atom. The van der Waals surface area contributed by atoms with Crippen molar-refractivity contribution in [2.45, 2.75) is 25.8 Å². The van der Waals surface area contributed by atoms with Gasteiger partial charge in [0, 0.05) is 6.42 Å². The molecule has 4 N–H and O–H groups in total. The second kappa shape index (κ2) is 5.85. The van der Waals surface area contributed by atoms with Gasteiger partial charge in [0.25, 0.3) is 5.91 Å². The quantitative estimate of drug-likeness (QED) is 0.654. The van der Waals surface area contributed by atoms with Crippen LogP contribution in [0.2, 0.25) is 0 Å². The normalized spacial score (nSPS) is 11.8. The van der Waals surface area contributed by atoms with E-state index < -0.39 is 30.2 Å². The zero-order valence-corrected chi connectivity index (χ0v) is 9.80. The number of nitrogens with two attached hydrogens (primary N) is 1. The number of rotatable bonds is 6. The van der Waals surface area contributed by atoms with E-state index in [0.717, 1.165) is 0 Å². The van der Waals surface area contributed by atoms with Crippen LogP contribution in [-0.2, 0) is 16.0 Å². The van der Waals surface area contributed by atoms with Gasteiger partial charge in [-0.05, 0) is 6.07 Å². The van der Waals surface area contributed by atoms with Crippen LogP contribution in [0, 0.1) is 0 Å². The molecule has 1 rings (SSSR count). The van der Waals surface area contributed by atoms with Crippen molar-refractivity contribution < 1.29 is 23.9 Å². The monoisotopic (exact) mass is 254 g/mol. The molecule has 0 spiro atoms. The molecule has 0 fully saturated rings. The third-order valence-corrected chi connectivity index (χ3v) is 2.32. The summed E-state index contributed by atoms with van der Waals surface area (Å²) in [5.74, 6) is -2.26. The van der Waals surface area contributed by atoms with Crippen LogP contribution < -0.4 is 11.1 Å². The van der Waals surface area contributed by atoms with Crippen LogP contribution in [0.4, 0.5) is 0 Å². The van der Waals surface area contributed by atoms with E-state index in [2.05, 4.69) is 5.32 Å². The standard InChI is InChI=1S/C11H14N2O5/c1-2-8-6(3-4-18-8)10(15)13-7(11(16)17)5-9(12)14/h3-4,7H,2,5H2,1H3,(H2,12,14)(H,13,15)(H,16,17)/t7-/m0/s1. The Morgan fingerprint density at radius 2 is 2.17 bits per heavy atom. The molecule has 0 aliphatic carbocycles. The van der Waals surface area contributed by atoms with Crippen LogP contribution in [0.3, 0.4) is 0 Å². The molecule has 1 atom stereocenters. The summed E-state index contributed by atoms with van der Waals surface area (Å²) >= 11 is 0. The lowest BCUT2D eigenvalue weighted by molar-refractivity contribution is -0.140. The van der Waals surface area contributed by atoms with E-state index in [1.54, 1.807) is 6.92 Å². The van der Waals surface area contributed by atoms with Crippen molar-refractivity contribution in [3.05, 3.63) is 23.7 Å². The molecule has 7 nitrogen and oxygen atoms in total. The lowest BCUT2D eigenvalue weighted by atomic mass is 10.1. The largest absolute Gasteiger partial charge is 0.480 e. The fourth-order valence-corrected chi connectivity index (χ4v) is 1.45. The summed E-state index contributed by atoms with van der Waals surface area (Å²) in [5, 5.41) is 11.1. The molecule has 0 radical (unpaired) electrons. The number of carboxylic acids is 1. The Kier molecular flexibility index (Phi) is 4.47. The van der Waals surface area contributed by atoms with Crippen molar-refractivity contribution in [3.63, 3.8) is 0 Å². The fraction of sp³-hybridized carbons (Fsp3) is 0.364. The third-order valence-electron chi connectivity index (χ3n) is 2.32. The second-order valence-corrected chi connectivity index (χ2v) is 3.65. The Hall–Kier alpha value is -2.31. The maximum atomic E-state index is 11.8. The minimum atomic E-state index is -1.34. The molecule has 0 saturated carbocycles. The number of carbonyl (C=O) groups excluding carboxylic acids is 2. The summed E-state index contributed by atoms with van der Waals surface area (Å²) in [4.78, 5) is 33.3. The first kappa shape index (κ1) is 13.8. The van der Waals surface area contributed by atoms with Crippen LogP contribution >= 0.6 is 0 Å². The average Bonchev–Trinajstić information content (AvgIpc) is 2.75. The van der Waals surface area contributed by atoms with Gasteiger partial charge in [0.05, 0.1) is 18.2 Å². The van der Waals surface area contributed by atoms with Gasteiger partial charge < -0.3 is 20.6 Å². The van der Waals surface area contributed by atoms with Crippen molar-refractivity contribution in [3.8, 4) is 0 Å². The van der Waals surface area contributed by atoms with E-state index in [9.17, 15) is 14.4 Å². The summed E-state index contributed by atoms with van der Waals surface area (Å²) in [6.07, 6.45) is 1.39. The number of carbonyl (C=O) groups is 3. The molecule has 7 heteroatoms. The minimum Gasteiger partial charge on any atom is -0.480 e. The van der Waals surface area contributed by atoms with Crippen molar-refractivity contribution in [1.29, 1.82) is 0 Å². The van der Waals surface area contributed by atoms with E-state index in [4.69, 9.17) is 15.3 Å². The summed E-state index contributed by atoms with van der Waals surface area (Å²) in [5.41, 5.74) is 5.17. The topological polar surface area (TPSA) is 123 Å². The van der Waals surface area contributed by atoms with Crippen molar-refractivity contribution in [2.24, 2.45) is 5.73 Å². The number of hydrogen-bond acceptors (Lipinski definition) is 4. The molecule has 1 aromatic rings. The number of aryl methyl sites for hydroxylation is 1. The highest BCUT2D eigenvalue weighted by atomic mass is 16.4. The highest BCUT2D eigenvalue weighted by molar-refractivity contribution is 5.98. The van der Waals surface area contributed by atoms with Crippen LogP contribution in [0.15, 0.2) is 16.7 Å². The van der Waals surface area contributed by atoms with Crippen LogP contribution in [-0.4, -0.2) is 28.9 Å². The van der Waals surface area contributed by atoms with Crippen molar-refractivity contribution in [1.82, 2.24) is 5.32 Å². The van der Waals surface area contributed by atoms with Crippen LogP contribution in [0.5, 0.6) is 0 Å². The minimum absolute atomic E-state index is 0.258. The summed E-state index contributed by atoms with van der Waals surface area (Å²) < 4.78 is 5.06. The number of primary amides is 1. The molecular formula is C11H14N2O5. The van der Waals surface area contributed by atoms with Crippen molar-refractivity contribution >= 4 is 17.8 Å². The molecule has 18 heavy (non-hydrogen) atoms. The maximum Gasteiger partial charge on any atom is 0.326 e. The van der Waals surface area contributed by atoms with Crippen molar-refractivity contribution in [2.75, 3.05) is 0 Å². The van der Waals surface area contributed by atoms with E-state index >= 15 is 0 Å². The number of hydrogen-bond donors (Lipinski definition) is 3. The highest BCUT2D eigenvalue weighted by Crippen LogP contribution is 2.11. The molecule has 2 amide bonds. The Bertz CT molecular complexity index is 466. The van der Waals surface area contributed by atoms with Gasteiger partial charge in [-0.25, -0.2) is 4.79 Å². The van der Waals surface area contributed by atoms with Gasteiger partial charge in [-0.15, -0.1) is 0 Å². The zero-order chi connectivity index (χ0) is 13.7. The number of nitrogens with one attached hydrogen (secondary N) is 1. The molecule has 1 heterocycles. The number of furan rings is 1. The summed E-state index contributed by atoms with van der Waals surface area (Å²) in [6, 6.07) is 0.103. The fourth-order valence-electron chi connectivity index (χ4n) is 1.45. The molecule has 0 aromatic carbocycles. The van der Waals surface area contributed by atoms with Crippen LogP contribution in [0.1, 0.15) is 29.5 Å². The maximum absolute atomic E-state index is 11.8. The van der Waals surface area contributed by atoms with Gasteiger partial charge >= 0.3 is 5.97 Å². The highest BCUT2D eigenvalue weighted by Gasteiger charge is 2.24. The number of amides is 2. The number of carboxylic acid groups (broad SMARTS) is 1. The molecule has 0 aliphatic rings. The predicted molar refractivity (Wildman–Crippen MR) is 60.8 cm³/mol. The summed E-state index contributed by atoms with van der Waals surface area (Å²) in [7, 11) is 0. The van der Waals surface area contributed by atoms with E-state index in [0.29, 0.717) is 12.2 Å². The first-order valence-electron chi connectivity index (χ1n) is 5.34. The second-order valence-electron chi connectivity index (χ2n) is 3.65. The van der Waals surface area contributed by atoms with Gasteiger partial charge in [0.1, 0.15) is 11.8 Å². The Morgan fingerprint density at radius 3 is 2.67 bits per heavy atom. The predicted octanol–water partition coefficient (Wildman–Crippen LogP) is -0.0996. The van der Waals surface area contributed by atoms with Gasteiger partial charge in [-0.3, -0.25) is 9.59 Å². The first-order valence-corrected chi connectivity index (χ1v) is 5.34. The molecule has 98 valence electrons. The molecule has 0 unspecified atom stereocenters. The summed E-state index contributed by atoms with van der Waals surface area (Å²) in [6.45, 7) is 1.80. The van der Waals surface area contributed by atoms with Gasteiger partial charge in [0.15, 0.2) is 0 Å². The molecular weight excluding hydrogens is 240 g/mol. The van der Waals surface area contributed by atoms with Gasteiger partial charge in [-0.2, -0.15) is 0 Å². The molecule has 1 aromatic heterocycles. The average molecular weight is 254 g/mol.